The molecule has 2 fully saturated rings. The molecule has 25 heavy (non-hydrogen) atoms. The number of urea groups is 1. The van der Waals surface area contributed by atoms with E-state index in [4.69, 9.17) is 0 Å². The number of likely N-dealkylation sites (N-methyl/N-ethyl adjacent to an activating group) is 1. The van der Waals surface area contributed by atoms with E-state index in [2.05, 4.69) is 22.2 Å². The van der Waals surface area contributed by atoms with Gasteiger partial charge in [0.25, 0.3) is 5.91 Å². The number of aryl methyl sites for hydroxylation is 1. The second-order valence-electron chi connectivity index (χ2n) is 7.02. The van der Waals surface area contributed by atoms with Crippen molar-refractivity contribution in [1.29, 1.82) is 0 Å². The van der Waals surface area contributed by atoms with Crippen LogP contribution in [0.15, 0.2) is 18.3 Å². The van der Waals surface area contributed by atoms with Crippen LogP contribution in [0.5, 0.6) is 0 Å². The zero-order chi connectivity index (χ0) is 17.8. The minimum absolute atomic E-state index is 0.00778. The van der Waals surface area contributed by atoms with Gasteiger partial charge in [-0.3, -0.25) is 9.78 Å². The minimum atomic E-state index is -0.0133. The Morgan fingerprint density at radius 3 is 2.72 bits per heavy atom. The molecule has 3 heterocycles. The van der Waals surface area contributed by atoms with Crippen molar-refractivity contribution in [3.63, 3.8) is 0 Å². The molecule has 0 aliphatic carbocycles. The fraction of sp³-hybridized carbons (Fsp3) is 0.611. The number of pyridine rings is 1. The SMILES string of the molecule is Cc1ccc(C(=O)N2CC[C@@H](NC(=O)N3CCCN(C)CC3)C2)cn1. The molecule has 1 N–H and O–H groups in total. The summed E-state index contributed by atoms with van der Waals surface area (Å²) in [5, 5.41) is 3.10. The van der Waals surface area contributed by atoms with E-state index in [-0.39, 0.29) is 18.0 Å². The summed E-state index contributed by atoms with van der Waals surface area (Å²) in [4.78, 5) is 35.1. The summed E-state index contributed by atoms with van der Waals surface area (Å²) in [5.41, 5.74) is 1.50. The standard InChI is InChI=1S/C18H27N5O2/c1-14-4-5-15(12-19-14)17(24)23-9-6-16(13-23)20-18(25)22-8-3-7-21(2)10-11-22/h4-5,12,16H,3,6-11,13H2,1-2H3,(H,20,25)/t16-/m1/s1. The minimum Gasteiger partial charge on any atom is -0.336 e. The predicted molar refractivity (Wildman–Crippen MR) is 95.5 cm³/mol. The lowest BCUT2D eigenvalue weighted by Gasteiger charge is -2.23. The van der Waals surface area contributed by atoms with Gasteiger partial charge in [0.2, 0.25) is 0 Å². The molecule has 1 atom stereocenters. The van der Waals surface area contributed by atoms with Crippen LogP contribution in [0.2, 0.25) is 0 Å². The van der Waals surface area contributed by atoms with Gasteiger partial charge < -0.3 is 20.0 Å². The summed E-state index contributed by atoms with van der Waals surface area (Å²) in [6, 6.07) is 3.67. The summed E-state index contributed by atoms with van der Waals surface area (Å²) in [6.45, 7) is 6.61. The molecule has 3 rings (SSSR count). The zero-order valence-corrected chi connectivity index (χ0v) is 15.1. The largest absolute Gasteiger partial charge is 0.336 e. The fourth-order valence-corrected chi connectivity index (χ4v) is 3.35. The van der Waals surface area contributed by atoms with E-state index in [1.165, 1.54) is 0 Å². The number of likely N-dealkylation sites (tertiary alicyclic amines) is 1. The first-order valence-corrected chi connectivity index (χ1v) is 8.99. The summed E-state index contributed by atoms with van der Waals surface area (Å²) in [6.07, 6.45) is 3.42. The van der Waals surface area contributed by atoms with Crippen LogP contribution in [0, 0.1) is 6.92 Å². The topological polar surface area (TPSA) is 68.8 Å². The van der Waals surface area contributed by atoms with E-state index in [9.17, 15) is 9.59 Å². The molecule has 0 spiro atoms. The highest BCUT2D eigenvalue weighted by Gasteiger charge is 2.29. The number of nitrogens with zero attached hydrogens (tertiary/aromatic N) is 4. The van der Waals surface area contributed by atoms with Gasteiger partial charge in [-0.2, -0.15) is 0 Å². The third kappa shape index (κ3) is 4.48. The van der Waals surface area contributed by atoms with Crippen molar-refractivity contribution in [1.82, 2.24) is 25.0 Å². The van der Waals surface area contributed by atoms with Gasteiger partial charge in [-0.25, -0.2) is 4.79 Å². The lowest BCUT2D eigenvalue weighted by atomic mass is 10.2. The van der Waals surface area contributed by atoms with E-state index in [1.807, 2.05) is 24.0 Å². The average molecular weight is 345 g/mol. The van der Waals surface area contributed by atoms with Crippen molar-refractivity contribution in [3.8, 4) is 0 Å². The Balaban J connectivity index is 1.51. The Morgan fingerprint density at radius 1 is 1.12 bits per heavy atom. The third-order valence-electron chi connectivity index (χ3n) is 4.97. The van der Waals surface area contributed by atoms with E-state index in [0.717, 1.165) is 44.7 Å². The monoisotopic (exact) mass is 345 g/mol. The molecule has 0 radical (unpaired) electrons. The van der Waals surface area contributed by atoms with Crippen LogP contribution in [0.25, 0.3) is 0 Å². The highest BCUT2D eigenvalue weighted by molar-refractivity contribution is 5.94. The highest BCUT2D eigenvalue weighted by Crippen LogP contribution is 2.14. The van der Waals surface area contributed by atoms with Gasteiger partial charge in [0.15, 0.2) is 0 Å². The number of nitrogens with one attached hydrogen (secondary N) is 1. The smallest absolute Gasteiger partial charge is 0.317 e. The summed E-state index contributed by atoms with van der Waals surface area (Å²) >= 11 is 0. The summed E-state index contributed by atoms with van der Waals surface area (Å²) in [5.74, 6) is -0.0133. The van der Waals surface area contributed by atoms with Crippen LogP contribution < -0.4 is 5.32 Å². The molecule has 0 saturated carbocycles. The Kier molecular flexibility index (Phi) is 5.53. The lowest BCUT2D eigenvalue weighted by molar-refractivity contribution is 0.0788. The fourth-order valence-electron chi connectivity index (χ4n) is 3.35. The van der Waals surface area contributed by atoms with E-state index in [1.54, 1.807) is 11.1 Å². The Labute approximate surface area is 149 Å². The molecular formula is C18H27N5O2. The van der Waals surface area contributed by atoms with Crippen molar-refractivity contribution >= 4 is 11.9 Å². The van der Waals surface area contributed by atoms with Gasteiger partial charge in [-0.15, -0.1) is 0 Å². The molecule has 3 amide bonds. The number of amides is 3. The maximum Gasteiger partial charge on any atom is 0.317 e. The first kappa shape index (κ1) is 17.7. The second kappa shape index (κ2) is 7.82. The molecule has 0 bridgehead atoms. The lowest BCUT2D eigenvalue weighted by Crippen LogP contribution is -2.47. The number of carbonyl (C=O) groups excluding carboxylic acids is 2. The number of hydrogen-bond acceptors (Lipinski definition) is 4. The molecule has 1 aromatic rings. The molecule has 2 aliphatic heterocycles. The van der Waals surface area contributed by atoms with Gasteiger partial charge in [-0.05, 0) is 45.5 Å². The van der Waals surface area contributed by atoms with Crippen LogP contribution in [-0.2, 0) is 0 Å². The quantitative estimate of drug-likeness (QED) is 0.867. The first-order chi connectivity index (χ1) is 12.0. The number of rotatable bonds is 2. The Morgan fingerprint density at radius 2 is 1.96 bits per heavy atom. The Bertz CT molecular complexity index is 618. The number of carbonyl (C=O) groups is 2. The van der Waals surface area contributed by atoms with Gasteiger partial charge in [0.05, 0.1) is 5.56 Å². The van der Waals surface area contributed by atoms with E-state index >= 15 is 0 Å². The summed E-state index contributed by atoms with van der Waals surface area (Å²) < 4.78 is 0. The van der Waals surface area contributed by atoms with E-state index in [0.29, 0.717) is 18.7 Å². The van der Waals surface area contributed by atoms with Gasteiger partial charge in [0, 0.05) is 50.7 Å². The van der Waals surface area contributed by atoms with Gasteiger partial charge >= 0.3 is 6.03 Å². The number of aromatic nitrogens is 1. The van der Waals surface area contributed by atoms with Crippen LogP contribution in [-0.4, -0.2) is 84.0 Å². The van der Waals surface area contributed by atoms with Crippen molar-refractivity contribution in [2.75, 3.05) is 46.3 Å². The highest BCUT2D eigenvalue weighted by atomic mass is 16.2. The predicted octanol–water partition coefficient (Wildman–Crippen LogP) is 0.952. The molecule has 1 aromatic heterocycles. The first-order valence-electron chi connectivity index (χ1n) is 8.99. The third-order valence-corrected chi connectivity index (χ3v) is 4.97. The van der Waals surface area contributed by atoms with Crippen molar-refractivity contribution < 1.29 is 9.59 Å². The number of hydrogen-bond donors (Lipinski definition) is 1. The maximum absolute atomic E-state index is 12.5. The molecule has 2 saturated heterocycles. The van der Waals surface area contributed by atoms with Crippen molar-refractivity contribution in [3.05, 3.63) is 29.6 Å². The van der Waals surface area contributed by atoms with Crippen molar-refractivity contribution in [2.24, 2.45) is 0 Å². The van der Waals surface area contributed by atoms with Crippen LogP contribution in [0.3, 0.4) is 0 Å². The molecule has 136 valence electrons. The molecule has 0 aromatic carbocycles. The van der Waals surface area contributed by atoms with Crippen LogP contribution in [0.1, 0.15) is 28.9 Å². The van der Waals surface area contributed by atoms with E-state index < -0.39 is 0 Å². The van der Waals surface area contributed by atoms with Gasteiger partial charge in [-0.1, -0.05) is 0 Å². The normalized spacial score (nSPS) is 21.9. The van der Waals surface area contributed by atoms with Crippen LogP contribution >= 0.6 is 0 Å². The summed E-state index contributed by atoms with van der Waals surface area (Å²) in [7, 11) is 2.09. The maximum atomic E-state index is 12.5. The molecular weight excluding hydrogens is 318 g/mol. The second-order valence-corrected chi connectivity index (χ2v) is 7.02. The van der Waals surface area contributed by atoms with Crippen LogP contribution in [0.4, 0.5) is 4.79 Å². The van der Waals surface area contributed by atoms with Gasteiger partial charge in [0.1, 0.15) is 0 Å². The Hall–Kier alpha value is -2.15. The average Bonchev–Trinajstić information content (AvgIpc) is 2.95. The molecule has 7 heteroatoms. The van der Waals surface area contributed by atoms with Crippen molar-refractivity contribution in [2.45, 2.75) is 25.8 Å². The zero-order valence-electron chi connectivity index (χ0n) is 15.1. The molecule has 7 nitrogen and oxygen atoms in total. The molecule has 2 aliphatic rings. The molecule has 0 unspecified atom stereocenters.